The maximum Gasteiger partial charge on any atom is 0.220 e. The summed E-state index contributed by atoms with van der Waals surface area (Å²) in [5.41, 5.74) is 13.8. The highest BCUT2D eigenvalue weighted by Gasteiger charge is 2.43. The summed E-state index contributed by atoms with van der Waals surface area (Å²) < 4.78 is 6.27. The van der Waals surface area contributed by atoms with Crippen LogP contribution in [-0.4, -0.2) is 17.6 Å². The lowest BCUT2D eigenvalue weighted by Gasteiger charge is -2.45. The van der Waals surface area contributed by atoms with Crippen LogP contribution in [0.1, 0.15) is 37.7 Å². The highest BCUT2D eigenvalue weighted by Crippen LogP contribution is 2.43. The number of nitrogens with zero attached hydrogens (tertiary/aromatic N) is 3. The van der Waals surface area contributed by atoms with E-state index < -0.39 is 5.66 Å². The summed E-state index contributed by atoms with van der Waals surface area (Å²) in [4.78, 5) is 11.0. The topological polar surface area (TPSA) is 89.2 Å². The average molecular weight is 363 g/mol. The number of ether oxygens (including phenoxy) is 1. The number of para-hydroxylation sites is 3. The molecule has 2 aromatic carbocycles. The zero-order valence-corrected chi connectivity index (χ0v) is 15.6. The molecule has 1 spiro atoms. The first kappa shape index (κ1) is 17.4. The lowest BCUT2D eigenvalue weighted by molar-refractivity contribution is 0.304. The van der Waals surface area contributed by atoms with Gasteiger partial charge in [0.2, 0.25) is 11.9 Å². The van der Waals surface area contributed by atoms with Crippen LogP contribution in [-0.2, 0) is 0 Å². The predicted octanol–water partition coefficient (Wildman–Crippen LogP) is 3.90. The van der Waals surface area contributed by atoms with Gasteiger partial charge in [0, 0.05) is 0 Å². The Kier molecular flexibility index (Phi) is 4.48. The minimum absolute atomic E-state index is 0.253. The maximum absolute atomic E-state index is 6.36. The fourth-order valence-electron chi connectivity index (χ4n) is 3.99. The predicted molar refractivity (Wildman–Crippen MR) is 109 cm³/mol. The van der Waals surface area contributed by atoms with Crippen molar-refractivity contribution < 1.29 is 4.74 Å². The Morgan fingerprint density at radius 2 is 1.59 bits per heavy atom. The minimum atomic E-state index is -0.487. The molecular formula is C21H25N5O. The van der Waals surface area contributed by atoms with Gasteiger partial charge in [0.25, 0.3) is 0 Å². The van der Waals surface area contributed by atoms with E-state index in [1.54, 1.807) is 0 Å². The van der Waals surface area contributed by atoms with Gasteiger partial charge >= 0.3 is 0 Å². The lowest BCUT2D eigenvalue weighted by atomic mass is 9.87. The molecule has 0 radical (unpaired) electrons. The third kappa shape index (κ3) is 3.23. The Hall–Kier alpha value is -3.02. The van der Waals surface area contributed by atoms with Crippen molar-refractivity contribution in [2.45, 2.75) is 44.7 Å². The molecule has 1 aliphatic carbocycles. The number of anilines is 1. The Bertz CT molecular complexity index is 899. The van der Waals surface area contributed by atoms with E-state index in [0.29, 0.717) is 5.96 Å². The molecule has 4 N–H and O–H groups in total. The highest BCUT2D eigenvalue weighted by atomic mass is 16.5. The number of hydrogen-bond donors (Lipinski definition) is 2. The van der Waals surface area contributed by atoms with Gasteiger partial charge in [-0.1, -0.05) is 36.8 Å². The smallest absolute Gasteiger partial charge is 0.220 e. The SMILES string of the molecule is Cc1ccccc1Oc1ccccc1N1C(N)=NC(N)=NC12CCCCC2. The molecule has 1 fully saturated rings. The second-order valence-electron chi connectivity index (χ2n) is 7.15. The van der Waals surface area contributed by atoms with E-state index in [1.807, 2.05) is 60.4 Å². The first-order valence-electron chi connectivity index (χ1n) is 9.41. The molecular weight excluding hydrogens is 338 g/mol. The van der Waals surface area contributed by atoms with Gasteiger partial charge in [0.1, 0.15) is 11.4 Å². The first-order chi connectivity index (χ1) is 13.1. The van der Waals surface area contributed by atoms with Gasteiger partial charge < -0.3 is 16.2 Å². The number of nitrogens with two attached hydrogens (primary N) is 2. The summed E-state index contributed by atoms with van der Waals surface area (Å²) in [7, 11) is 0. The number of benzene rings is 2. The van der Waals surface area contributed by atoms with Crippen molar-refractivity contribution in [3.63, 3.8) is 0 Å². The normalized spacial score (nSPS) is 18.8. The number of hydrogen-bond acceptors (Lipinski definition) is 6. The molecule has 0 saturated heterocycles. The van der Waals surface area contributed by atoms with Crippen LogP contribution in [0.3, 0.4) is 0 Å². The molecule has 2 aromatic rings. The van der Waals surface area contributed by atoms with Gasteiger partial charge in [-0.15, -0.1) is 0 Å². The van der Waals surface area contributed by atoms with Crippen molar-refractivity contribution in [2.75, 3.05) is 4.90 Å². The van der Waals surface area contributed by atoms with Crippen LogP contribution in [0.4, 0.5) is 5.69 Å². The number of aliphatic imine (C=N–C) groups is 2. The molecule has 0 unspecified atom stereocenters. The van der Waals surface area contributed by atoms with Crippen molar-refractivity contribution in [2.24, 2.45) is 21.5 Å². The van der Waals surface area contributed by atoms with Gasteiger partial charge in [-0.3, -0.25) is 4.90 Å². The Labute approximate surface area is 159 Å². The second-order valence-corrected chi connectivity index (χ2v) is 7.15. The van der Waals surface area contributed by atoms with Crippen LogP contribution < -0.4 is 21.1 Å². The first-order valence-corrected chi connectivity index (χ1v) is 9.41. The van der Waals surface area contributed by atoms with Crippen molar-refractivity contribution in [3.05, 3.63) is 54.1 Å². The number of rotatable bonds is 3. The molecule has 6 nitrogen and oxygen atoms in total. The standard InChI is InChI=1S/C21H25N5O/c1-15-9-3-5-11-17(15)27-18-12-6-4-10-16(18)26-20(23)24-19(22)25-21(26)13-7-2-8-14-21/h3-6,9-12H,2,7-8,13-14H2,1H3,(H4,22,23,24,25). The van der Waals surface area contributed by atoms with Gasteiger partial charge in [0.15, 0.2) is 5.75 Å². The fourth-order valence-corrected chi connectivity index (χ4v) is 3.99. The third-order valence-corrected chi connectivity index (χ3v) is 5.27. The molecule has 2 aliphatic rings. The van der Waals surface area contributed by atoms with Crippen LogP contribution in [0, 0.1) is 6.92 Å². The molecule has 4 rings (SSSR count). The van der Waals surface area contributed by atoms with Crippen LogP contribution in [0.15, 0.2) is 58.5 Å². The molecule has 140 valence electrons. The molecule has 0 aromatic heterocycles. The van der Waals surface area contributed by atoms with E-state index in [4.69, 9.17) is 21.2 Å². The molecule has 0 amide bonds. The lowest BCUT2D eigenvalue weighted by Crippen LogP contribution is -2.58. The summed E-state index contributed by atoms with van der Waals surface area (Å²) in [6, 6.07) is 15.9. The van der Waals surface area contributed by atoms with Crippen LogP contribution in [0.2, 0.25) is 0 Å². The van der Waals surface area contributed by atoms with E-state index in [1.165, 1.54) is 6.42 Å². The van der Waals surface area contributed by atoms with Crippen molar-refractivity contribution in [1.29, 1.82) is 0 Å². The minimum Gasteiger partial charge on any atom is -0.455 e. The van der Waals surface area contributed by atoms with Gasteiger partial charge in [-0.2, -0.15) is 4.99 Å². The molecule has 0 bridgehead atoms. The van der Waals surface area contributed by atoms with E-state index in [9.17, 15) is 0 Å². The van der Waals surface area contributed by atoms with E-state index in [0.717, 1.165) is 48.4 Å². The van der Waals surface area contributed by atoms with Gasteiger partial charge in [-0.05, 0) is 56.4 Å². The van der Waals surface area contributed by atoms with E-state index >= 15 is 0 Å². The van der Waals surface area contributed by atoms with Crippen molar-refractivity contribution in [1.82, 2.24) is 0 Å². The number of aryl methyl sites for hydroxylation is 1. The van der Waals surface area contributed by atoms with Crippen LogP contribution in [0.5, 0.6) is 11.5 Å². The zero-order valence-electron chi connectivity index (χ0n) is 15.6. The molecule has 1 saturated carbocycles. The molecule has 0 atom stereocenters. The summed E-state index contributed by atoms with van der Waals surface area (Å²) in [5, 5.41) is 0. The average Bonchev–Trinajstić information content (AvgIpc) is 2.65. The van der Waals surface area contributed by atoms with Crippen molar-refractivity contribution >= 4 is 17.6 Å². The van der Waals surface area contributed by atoms with Gasteiger partial charge in [0.05, 0.1) is 5.69 Å². The summed E-state index contributed by atoms with van der Waals surface area (Å²) in [6.07, 6.45) is 5.15. The quantitative estimate of drug-likeness (QED) is 0.865. The van der Waals surface area contributed by atoms with Crippen LogP contribution >= 0.6 is 0 Å². The van der Waals surface area contributed by atoms with Gasteiger partial charge in [-0.25, -0.2) is 4.99 Å². The largest absolute Gasteiger partial charge is 0.455 e. The molecule has 1 aliphatic heterocycles. The fraction of sp³-hybridized carbons (Fsp3) is 0.333. The second kappa shape index (κ2) is 6.95. The van der Waals surface area contributed by atoms with Crippen molar-refractivity contribution in [3.8, 4) is 11.5 Å². The third-order valence-electron chi connectivity index (χ3n) is 5.27. The summed E-state index contributed by atoms with van der Waals surface area (Å²) >= 11 is 0. The summed E-state index contributed by atoms with van der Waals surface area (Å²) in [6.45, 7) is 2.03. The summed E-state index contributed by atoms with van der Waals surface area (Å²) in [5.74, 6) is 2.16. The highest BCUT2D eigenvalue weighted by molar-refractivity contribution is 6.06. The Morgan fingerprint density at radius 3 is 2.33 bits per heavy atom. The molecule has 27 heavy (non-hydrogen) atoms. The zero-order chi connectivity index (χ0) is 18.9. The van der Waals surface area contributed by atoms with E-state index in [2.05, 4.69) is 4.99 Å². The Morgan fingerprint density at radius 1 is 0.926 bits per heavy atom. The number of guanidine groups is 2. The maximum atomic E-state index is 6.36. The Balaban J connectivity index is 1.78. The molecule has 1 heterocycles. The van der Waals surface area contributed by atoms with Crippen LogP contribution in [0.25, 0.3) is 0 Å². The monoisotopic (exact) mass is 363 g/mol. The van der Waals surface area contributed by atoms with E-state index in [-0.39, 0.29) is 5.96 Å². The molecule has 6 heteroatoms.